The maximum atomic E-state index is 2.49. The summed E-state index contributed by atoms with van der Waals surface area (Å²) in [6, 6.07) is 195. The summed E-state index contributed by atoms with van der Waals surface area (Å²) in [5, 5.41) is 12.2. The molecule has 0 saturated heterocycles. The number of benzene rings is 23. The van der Waals surface area contributed by atoms with Crippen LogP contribution in [0.3, 0.4) is 0 Å². The summed E-state index contributed by atoms with van der Waals surface area (Å²) in [6.07, 6.45) is 0. The van der Waals surface area contributed by atoms with E-state index in [0.717, 1.165) is 95.7 Å². The van der Waals surface area contributed by atoms with E-state index in [1.807, 2.05) is 0 Å². The predicted octanol–water partition coefficient (Wildman–Crippen LogP) is 38.4. The fourth-order valence-corrected chi connectivity index (χ4v) is 24.9. The monoisotopic (exact) mass is 1890 g/mol. The van der Waals surface area contributed by atoms with Crippen molar-refractivity contribution >= 4 is 132 Å². The van der Waals surface area contributed by atoms with E-state index >= 15 is 0 Å². The van der Waals surface area contributed by atoms with Gasteiger partial charge >= 0.3 is 0 Å². The molecule has 148 heavy (non-hydrogen) atoms. The molecule has 0 aliphatic heterocycles. The van der Waals surface area contributed by atoms with Crippen LogP contribution in [0.2, 0.25) is 0 Å². The number of para-hydroxylation sites is 7. The summed E-state index contributed by atoms with van der Waals surface area (Å²) < 4.78 is 9.68. The Morgan fingerprint density at radius 1 is 0.142 bits per heavy atom. The maximum Gasteiger partial charge on any atom is 0.0547 e. The molecule has 0 fully saturated rings. The Morgan fingerprint density at radius 3 is 0.892 bits per heavy atom. The highest BCUT2D eigenvalue weighted by molar-refractivity contribution is 6.16. The van der Waals surface area contributed by atoms with E-state index in [0.29, 0.717) is 0 Å². The average molecular weight is 1890 g/mol. The highest BCUT2D eigenvalue weighted by atomic mass is 15.2. The van der Waals surface area contributed by atoms with Crippen molar-refractivity contribution in [1.29, 1.82) is 0 Å². The number of aromatic nitrogens is 4. The predicted molar refractivity (Wildman–Crippen MR) is 624 cm³/mol. The fraction of sp³-hybridized carbons (Fsp3) is 0.0423. The van der Waals surface area contributed by atoms with E-state index in [2.05, 4.69) is 577 Å². The summed E-state index contributed by atoms with van der Waals surface area (Å²) >= 11 is 0. The molecule has 0 spiro atoms. The first kappa shape index (κ1) is 85.9. The van der Waals surface area contributed by atoms with Gasteiger partial charge in [-0.15, -0.1) is 0 Å². The molecule has 6 heteroatoms. The Kier molecular flexibility index (Phi) is 19.7. The Morgan fingerprint density at radius 2 is 0.412 bits per heavy atom. The van der Waals surface area contributed by atoms with Crippen LogP contribution in [0, 0.1) is 0 Å². The van der Waals surface area contributed by atoms with Gasteiger partial charge in [-0.05, 0) is 322 Å². The normalized spacial score (nSPS) is 12.8. The molecule has 0 saturated carbocycles. The van der Waals surface area contributed by atoms with E-state index in [1.165, 1.54) is 182 Å². The minimum absolute atomic E-state index is 0.323. The van der Waals surface area contributed by atoms with Gasteiger partial charge in [0.25, 0.3) is 0 Å². The van der Waals surface area contributed by atoms with Gasteiger partial charge in [0.15, 0.2) is 0 Å². The Balaban J connectivity index is 0.482. The first-order chi connectivity index (χ1) is 72.9. The topological polar surface area (TPSA) is 26.2 Å². The standard InChI is InChI=1S/C142H98N6/c1-141(2)128-85-99(101-59-73-124-120-43-19-23-47-132(120)147(139(124)87-101)106-38-15-8-16-39-106)57-71-115(128)117-75-69-111(89-130(117)141)143(108-65-55-94(56-66-108)98-61-78-137-126(83-98)122-45-21-25-49-134(122)145(137)104-34-11-6-12-35-104)107-63-53-93(54-64-107)95-31-27-32-96(81-95)97-33-28-40-110(82-97)148-133-48-24-20-44-121(133)125-74-60-102(88-140(125)148)100-58-72-116-118-76-70-112(90-131(118)142(3,4)129(116)86-100)144(109-67-51-92(52-68-109)91-29-9-5-10-30-91)136-80-77-113(114-41-17-18-42-119(114)136)103-62-79-138-127(84-103)123-46-22-26-50-135(123)146(138)105-36-13-7-14-37-105/h5-90H,1-4H3. The number of anilines is 6. The summed E-state index contributed by atoms with van der Waals surface area (Å²) in [7, 11) is 0. The second-order valence-corrected chi connectivity index (χ2v) is 41.1. The number of nitrogens with zero attached hydrogens (tertiary/aromatic N) is 6. The van der Waals surface area contributed by atoms with Crippen molar-refractivity contribution < 1.29 is 0 Å². The molecule has 27 aromatic rings. The van der Waals surface area contributed by atoms with Crippen molar-refractivity contribution in [3.05, 3.63) is 544 Å². The minimum atomic E-state index is -0.354. The maximum absolute atomic E-state index is 2.49. The van der Waals surface area contributed by atoms with Crippen molar-refractivity contribution in [3.63, 3.8) is 0 Å². The van der Waals surface area contributed by atoms with Gasteiger partial charge in [0, 0.05) is 110 Å². The smallest absolute Gasteiger partial charge is 0.0547 e. The van der Waals surface area contributed by atoms with Crippen molar-refractivity contribution in [2.75, 3.05) is 9.80 Å². The molecule has 0 atom stereocenters. The first-order valence-electron chi connectivity index (χ1n) is 51.5. The van der Waals surface area contributed by atoms with Gasteiger partial charge in [0.1, 0.15) is 0 Å². The van der Waals surface area contributed by atoms with E-state index in [9.17, 15) is 0 Å². The van der Waals surface area contributed by atoms with Gasteiger partial charge in [-0.2, -0.15) is 0 Å². The van der Waals surface area contributed by atoms with Crippen LogP contribution in [0.4, 0.5) is 34.1 Å². The third-order valence-corrected chi connectivity index (χ3v) is 32.1. The Labute approximate surface area is 859 Å². The molecule has 2 aliphatic carbocycles. The molecule has 4 aromatic heterocycles. The second kappa shape index (κ2) is 33.9. The molecule has 6 nitrogen and oxygen atoms in total. The summed E-state index contributed by atoms with van der Waals surface area (Å²) in [5.41, 5.74) is 46.6. The van der Waals surface area contributed by atoms with E-state index < -0.39 is 0 Å². The highest BCUT2D eigenvalue weighted by Crippen LogP contribution is 2.57. The summed E-state index contributed by atoms with van der Waals surface area (Å²) in [5.74, 6) is 0. The molecular weight excluding hydrogens is 1790 g/mol. The van der Waals surface area contributed by atoms with Gasteiger partial charge in [0.05, 0.1) is 49.8 Å². The van der Waals surface area contributed by atoms with Gasteiger partial charge in [0.2, 0.25) is 0 Å². The zero-order chi connectivity index (χ0) is 98.1. The Hall–Kier alpha value is -18.9. The molecule has 0 unspecified atom stereocenters. The molecule has 696 valence electrons. The van der Waals surface area contributed by atoms with Gasteiger partial charge < -0.3 is 28.1 Å². The number of hydrogen-bond donors (Lipinski definition) is 0. The molecule has 4 heterocycles. The lowest BCUT2D eigenvalue weighted by molar-refractivity contribution is 0.660. The van der Waals surface area contributed by atoms with Gasteiger partial charge in [-0.25, -0.2) is 0 Å². The van der Waals surface area contributed by atoms with E-state index in [4.69, 9.17) is 0 Å². The molecule has 29 rings (SSSR count). The SMILES string of the molecule is CC1(C)c2cc(-c3ccc4c5ccccc5n(-c5ccccc5)c4c3)ccc2-c2ccc(N(c3ccc(-c4cccc(-c5cccc(-n6c7ccccc7c7ccc(-c8ccc9c(c8)C(C)(C)c8cc(N(c%10ccc(-c%11ccccc%11)cc%10)c%10ccc(-c%11ccc%12c(c%11)c%11ccccc%11n%12-c%11ccccc%11)c%11ccccc%10%11)ccc8-9)cc76)c5)c4)cc3)c3ccc(-c4ccc5c(c4)c4ccccc4n5-c4ccccc4)cc3)cc21. The summed E-state index contributed by atoms with van der Waals surface area (Å²) in [4.78, 5) is 4.94. The molecule has 0 bridgehead atoms. The largest absolute Gasteiger partial charge is 0.310 e. The van der Waals surface area contributed by atoms with Gasteiger partial charge in [-0.3, -0.25) is 0 Å². The zero-order valence-electron chi connectivity index (χ0n) is 82.3. The molecular formula is C142H98N6. The van der Waals surface area contributed by atoms with Crippen LogP contribution in [0.15, 0.2) is 522 Å². The first-order valence-corrected chi connectivity index (χ1v) is 51.5. The van der Waals surface area contributed by atoms with Crippen LogP contribution in [0.25, 0.3) is 221 Å². The molecule has 23 aromatic carbocycles. The molecule has 0 radical (unpaired) electrons. The lowest BCUT2D eigenvalue weighted by Gasteiger charge is -2.29. The fourth-order valence-electron chi connectivity index (χ4n) is 24.9. The van der Waals surface area contributed by atoms with Crippen LogP contribution in [0.5, 0.6) is 0 Å². The highest BCUT2D eigenvalue weighted by Gasteiger charge is 2.39. The third-order valence-electron chi connectivity index (χ3n) is 32.1. The quantitative estimate of drug-likeness (QED) is 0.0908. The van der Waals surface area contributed by atoms with E-state index in [-0.39, 0.29) is 10.8 Å². The zero-order valence-corrected chi connectivity index (χ0v) is 82.3. The van der Waals surface area contributed by atoms with Crippen LogP contribution in [-0.4, -0.2) is 18.3 Å². The van der Waals surface area contributed by atoms with Gasteiger partial charge in [-0.1, -0.05) is 355 Å². The molecule has 0 N–H and O–H groups in total. The average Bonchev–Trinajstić information content (AvgIpc) is 1.57. The van der Waals surface area contributed by atoms with Crippen LogP contribution in [0.1, 0.15) is 49.9 Å². The lowest BCUT2D eigenvalue weighted by atomic mass is 9.81. The van der Waals surface area contributed by atoms with Crippen molar-refractivity contribution in [3.8, 4) is 123 Å². The lowest BCUT2D eigenvalue weighted by Crippen LogP contribution is -2.17. The second-order valence-electron chi connectivity index (χ2n) is 41.1. The number of hydrogen-bond acceptors (Lipinski definition) is 2. The van der Waals surface area contributed by atoms with Crippen molar-refractivity contribution in [1.82, 2.24) is 18.3 Å². The van der Waals surface area contributed by atoms with Crippen molar-refractivity contribution in [2.24, 2.45) is 0 Å². The van der Waals surface area contributed by atoms with Crippen LogP contribution in [-0.2, 0) is 10.8 Å². The minimum Gasteiger partial charge on any atom is -0.310 e. The van der Waals surface area contributed by atoms with Crippen LogP contribution < -0.4 is 9.80 Å². The third kappa shape index (κ3) is 13.8. The Bertz CT molecular complexity index is 10100. The van der Waals surface area contributed by atoms with Crippen molar-refractivity contribution in [2.45, 2.75) is 38.5 Å². The molecule has 2 aliphatic rings. The number of fused-ring (bicyclic) bond motifs is 19. The number of rotatable bonds is 17. The molecule has 0 amide bonds. The van der Waals surface area contributed by atoms with E-state index in [1.54, 1.807) is 0 Å². The summed E-state index contributed by atoms with van der Waals surface area (Å²) in [6.45, 7) is 9.66. The van der Waals surface area contributed by atoms with Crippen LogP contribution >= 0.6 is 0 Å².